The number of para-hydroxylation sites is 2. The average molecular weight is 344 g/mol. The van der Waals surface area contributed by atoms with Gasteiger partial charge in [-0.25, -0.2) is 8.42 Å². The predicted molar refractivity (Wildman–Crippen MR) is 90.6 cm³/mol. The summed E-state index contributed by atoms with van der Waals surface area (Å²) >= 11 is 0. The average Bonchev–Trinajstić information content (AvgIpc) is 2.95. The minimum atomic E-state index is -3.95. The van der Waals surface area contributed by atoms with Crippen LogP contribution < -0.4 is 5.32 Å². The Hall–Kier alpha value is -2.67. The van der Waals surface area contributed by atoms with Crippen LogP contribution in [0.15, 0.2) is 52.1 Å². The lowest BCUT2D eigenvalue weighted by molar-refractivity contribution is -0.113. The van der Waals surface area contributed by atoms with Gasteiger partial charge in [0.1, 0.15) is 11.3 Å². The third-order valence-electron chi connectivity index (χ3n) is 3.53. The van der Waals surface area contributed by atoms with Crippen molar-refractivity contribution in [2.45, 2.75) is 19.1 Å². The third kappa shape index (κ3) is 3.30. The molecule has 0 spiro atoms. The van der Waals surface area contributed by atoms with Crippen LogP contribution in [0, 0.1) is 13.8 Å². The third-order valence-corrected chi connectivity index (χ3v) is 4.88. The predicted octanol–water partition coefficient (Wildman–Crippen LogP) is 2.86. The van der Waals surface area contributed by atoms with Crippen molar-refractivity contribution < 1.29 is 17.6 Å². The molecule has 6 nitrogen and oxygen atoms in total. The number of anilines is 1. The fourth-order valence-electron chi connectivity index (χ4n) is 2.28. The zero-order valence-corrected chi connectivity index (χ0v) is 14.1. The summed E-state index contributed by atoms with van der Waals surface area (Å²) in [6.45, 7) is 3.73. The summed E-state index contributed by atoms with van der Waals surface area (Å²) in [4.78, 5) is 16.1. The molecule has 0 saturated heterocycles. The first-order chi connectivity index (χ1) is 11.3. The molecule has 1 amide bonds. The van der Waals surface area contributed by atoms with Crippen LogP contribution in [0.5, 0.6) is 0 Å². The molecular formula is C17H16N2O4S. The number of carbonyl (C=O) groups excluding carboxylic acids is 1. The first-order valence-corrected chi connectivity index (χ1v) is 8.96. The van der Waals surface area contributed by atoms with E-state index in [9.17, 15) is 13.2 Å². The Morgan fingerprint density at radius 2 is 1.92 bits per heavy atom. The van der Waals surface area contributed by atoms with Crippen LogP contribution in [-0.4, -0.2) is 25.1 Å². The van der Waals surface area contributed by atoms with Crippen molar-refractivity contribution >= 4 is 32.5 Å². The Kier molecular flexibility index (Phi) is 4.11. The van der Waals surface area contributed by atoms with E-state index in [0.717, 1.165) is 11.1 Å². The lowest BCUT2D eigenvalue weighted by Crippen LogP contribution is -2.23. The van der Waals surface area contributed by atoms with Gasteiger partial charge in [0.05, 0.1) is 0 Å². The SMILES string of the molecule is Cc1ccc(C)c(NC(=O)CS(=O)(=O)c2nc3ccccc3o2)c1. The maximum Gasteiger partial charge on any atom is 0.316 e. The second kappa shape index (κ2) is 6.09. The summed E-state index contributed by atoms with van der Waals surface area (Å²) in [6.07, 6.45) is 0. The molecule has 0 fully saturated rings. The van der Waals surface area contributed by atoms with Gasteiger partial charge in [-0.2, -0.15) is 4.98 Å². The van der Waals surface area contributed by atoms with E-state index in [0.29, 0.717) is 16.8 Å². The number of benzene rings is 2. The van der Waals surface area contributed by atoms with Crippen molar-refractivity contribution in [3.63, 3.8) is 0 Å². The normalized spacial score (nSPS) is 11.6. The van der Waals surface area contributed by atoms with Gasteiger partial charge in [0, 0.05) is 5.69 Å². The summed E-state index contributed by atoms with van der Waals surface area (Å²) in [7, 11) is -3.95. The van der Waals surface area contributed by atoms with Gasteiger partial charge in [-0.15, -0.1) is 0 Å². The minimum Gasteiger partial charge on any atom is -0.428 e. The van der Waals surface area contributed by atoms with Crippen molar-refractivity contribution in [2.75, 3.05) is 11.1 Å². The molecule has 1 heterocycles. The fraction of sp³-hybridized carbons (Fsp3) is 0.176. The number of sulfone groups is 1. The topological polar surface area (TPSA) is 89.3 Å². The highest BCUT2D eigenvalue weighted by atomic mass is 32.2. The minimum absolute atomic E-state index is 0.367. The number of rotatable bonds is 4. The number of nitrogens with zero attached hydrogens (tertiary/aromatic N) is 1. The molecule has 1 N–H and O–H groups in total. The van der Waals surface area contributed by atoms with E-state index in [1.807, 2.05) is 26.0 Å². The van der Waals surface area contributed by atoms with Gasteiger partial charge in [0.15, 0.2) is 5.58 Å². The molecule has 0 aliphatic heterocycles. The molecule has 24 heavy (non-hydrogen) atoms. The zero-order valence-electron chi connectivity index (χ0n) is 13.2. The monoisotopic (exact) mass is 344 g/mol. The smallest absolute Gasteiger partial charge is 0.316 e. The van der Waals surface area contributed by atoms with Gasteiger partial charge in [-0.1, -0.05) is 24.3 Å². The second-order valence-electron chi connectivity index (χ2n) is 5.57. The lowest BCUT2D eigenvalue weighted by atomic mass is 10.1. The summed E-state index contributed by atoms with van der Waals surface area (Å²) < 4.78 is 29.9. The number of hydrogen-bond donors (Lipinski definition) is 1. The van der Waals surface area contributed by atoms with Crippen molar-refractivity contribution in [2.24, 2.45) is 0 Å². The van der Waals surface area contributed by atoms with E-state index in [1.54, 1.807) is 30.3 Å². The summed E-state index contributed by atoms with van der Waals surface area (Å²) in [5.74, 6) is -1.36. The summed E-state index contributed by atoms with van der Waals surface area (Å²) in [6, 6.07) is 12.3. The van der Waals surface area contributed by atoms with Gasteiger partial charge < -0.3 is 9.73 Å². The highest BCUT2D eigenvalue weighted by Crippen LogP contribution is 2.20. The molecule has 3 rings (SSSR count). The molecule has 2 aromatic carbocycles. The van der Waals surface area contributed by atoms with Crippen LogP contribution in [0.25, 0.3) is 11.1 Å². The Morgan fingerprint density at radius 1 is 1.17 bits per heavy atom. The largest absolute Gasteiger partial charge is 0.428 e. The standard InChI is InChI=1S/C17H16N2O4S/c1-11-7-8-12(2)14(9-11)18-16(20)10-24(21,22)17-19-13-5-3-4-6-15(13)23-17/h3-9H,10H2,1-2H3,(H,18,20). The van der Waals surface area contributed by atoms with Crippen LogP contribution in [0.2, 0.25) is 0 Å². The van der Waals surface area contributed by atoms with Crippen LogP contribution in [0.4, 0.5) is 5.69 Å². The van der Waals surface area contributed by atoms with Crippen LogP contribution >= 0.6 is 0 Å². The van der Waals surface area contributed by atoms with E-state index < -0.39 is 26.7 Å². The highest BCUT2D eigenvalue weighted by molar-refractivity contribution is 7.91. The number of nitrogens with one attached hydrogen (secondary N) is 1. The van der Waals surface area contributed by atoms with Gasteiger partial charge in [0.25, 0.3) is 0 Å². The molecule has 0 unspecified atom stereocenters. The summed E-state index contributed by atoms with van der Waals surface area (Å²) in [5, 5.41) is 2.18. The molecule has 124 valence electrons. The van der Waals surface area contributed by atoms with E-state index >= 15 is 0 Å². The van der Waals surface area contributed by atoms with E-state index in [2.05, 4.69) is 10.3 Å². The quantitative estimate of drug-likeness (QED) is 0.786. The number of hydrogen-bond acceptors (Lipinski definition) is 5. The first-order valence-electron chi connectivity index (χ1n) is 7.30. The van der Waals surface area contributed by atoms with Gasteiger partial charge in [-0.3, -0.25) is 4.79 Å². The van der Waals surface area contributed by atoms with E-state index in [4.69, 9.17) is 4.42 Å². The molecule has 7 heteroatoms. The maximum atomic E-state index is 12.3. The van der Waals surface area contributed by atoms with Crippen LogP contribution in [0.3, 0.4) is 0 Å². The lowest BCUT2D eigenvalue weighted by Gasteiger charge is -2.08. The van der Waals surface area contributed by atoms with Crippen molar-refractivity contribution in [3.05, 3.63) is 53.6 Å². The molecular weight excluding hydrogens is 328 g/mol. The van der Waals surface area contributed by atoms with Gasteiger partial charge in [0.2, 0.25) is 15.7 Å². The van der Waals surface area contributed by atoms with Crippen LogP contribution in [0.1, 0.15) is 11.1 Å². The molecule has 0 radical (unpaired) electrons. The van der Waals surface area contributed by atoms with E-state index in [-0.39, 0.29) is 0 Å². The van der Waals surface area contributed by atoms with Gasteiger partial charge >= 0.3 is 5.22 Å². The molecule has 0 saturated carbocycles. The molecule has 0 atom stereocenters. The molecule has 0 bridgehead atoms. The van der Waals surface area contributed by atoms with Gasteiger partial charge in [-0.05, 0) is 43.2 Å². The van der Waals surface area contributed by atoms with E-state index in [1.165, 1.54) is 0 Å². The second-order valence-corrected chi connectivity index (χ2v) is 7.44. The maximum absolute atomic E-state index is 12.3. The van der Waals surface area contributed by atoms with Crippen molar-refractivity contribution in [3.8, 4) is 0 Å². The van der Waals surface area contributed by atoms with Crippen LogP contribution in [-0.2, 0) is 14.6 Å². The molecule has 3 aromatic rings. The molecule has 1 aromatic heterocycles. The number of amides is 1. The van der Waals surface area contributed by atoms with Crippen molar-refractivity contribution in [1.82, 2.24) is 4.98 Å². The Labute approximate surface area is 139 Å². The number of fused-ring (bicyclic) bond motifs is 1. The Bertz CT molecular complexity index is 989. The highest BCUT2D eigenvalue weighted by Gasteiger charge is 2.25. The number of aromatic nitrogens is 1. The number of carbonyl (C=O) groups is 1. The fourth-order valence-corrected chi connectivity index (χ4v) is 3.27. The summed E-state index contributed by atoms with van der Waals surface area (Å²) in [5.41, 5.74) is 3.22. The Morgan fingerprint density at radius 3 is 2.67 bits per heavy atom. The molecule has 0 aliphatic carbocycles. The van der Waals surface area contributed by atoms with Crippen molar-refractivity contribution in [1.29, 1.82) is 0 Å². The first kappa shape index (κ1) is 16.2. The Balaban J connectivity index is 1.81. The molecule has 0 aliphatic rings. The number of oxazole rings is 1. The number of aryl methyl sites for hydroxylation is 2. The zero-order chi connectivity index (χ0) is 17.3.